The van der Waals surface area contributed by atoms with Crippen molar-refractivity contribution < 1.29 is 9.90 Å². The molecule has 0 saturated heterocycles. The van der Waals surface area contributed by atoms with Gasteiger partial charge in [-0.2, -0.15) is 0 Å². The molecular weight excluding hydrogens is 284 g/mol. The van der Waals surface area contributed by atoms with Gasteiger partial charge in [0.2, 0.25) is 5.71 Å². The van der Waals surface area contributed by atoms with Gasteiger partial charge >= 0.3 is 0 Å². The summed E-state index contributed by atoms with van der Waals surface area (Å²) in [5, 5.41) is 1.80. The van der Waals surface area contributed by atoms with Gasteiger partial charge in [-0.25, -0.2) is 4.98 Å². The van der Waals surface area contributed by atoms with Crippen LogP contribution in [-0.2, 0) is 0 Å². The van der Waals surface area contributed by atoms with Crippen LogP contribution < -0.4 is 0 Å². The number of benzene rings is 1. The third-order valence-electron chi connectivity index (χ3n) is 3.99. The van der Waals surface area contributed by atoms with Crippen molar-refractivity contribution in [2.45, 2.75) is 26.6 Å². The molecule has 0 saturated carbocycles. The molecule has 0 atom stereocenters. The summed E-state index contributed by atoms with van der Waals surface area (Å²) >= 11 is 0. The first-order chi connectivity index (χ1) is 12.7. The molecule has 4 aromatic rings. The van der Waals surface area contributed by atoms with Crippen LogP contribution in [0.5, 0.6) is 0 Å². The van der Waals surface area contributed by atoms with Crippen molar-refractivity contribution in [3.05, 3.63) is 59.9 Å². The summed E-state index contributed by atoms with van der Waals surface area (Å²) in [5.74, 6) is -1.06. The molecule has 4 rings (SSSR count). The molecule has 1 aromatic carbocycles. The Morgan fingerprint density at radius 2 is 2.00 bits per heavy atom. The molecule has 3 aromatic heterocycles. The molecule has 0 fully saturated rings. The van der Waals surface area contributed by atoms with Crippen LogP contribution in [0.1, 0.15) is 36.4 Å². The minimum absolute atomic E-state index is 0.138. The fourth-order valence-electron chi connectivity index (χ4n) is 2.84. The van der Waals surface area contributed by atoms with Crippen molar-refractivity contribution in [2.75, 3.05) is 0 Å². The molecule has 0 aliphatic carbocycles. The second-order valence-electron chi connectivity index (χ2n) is 5.76. The molecule has 3 nitrogen and oxygen atoms in total. The molecule has 0 N–H and O–H groups in total. The Morgan fingerprint density at radius 3 is 2.83 bits per heavy atom. The van der Waals surface area contributed by atoms with Gasteiger partial charge in [0.05, 0.1) is 5.69 Å². The second-order valence-corrected chi connectivity index (χ2v) is 5.76. The van der Waals surface area contributed by atoms with Gasteiger partial charge in [0.1, 0.15) is 5.58 Å². The van der Waals surface area contributed by atoms with Crippen LogP contribution >= 0.6 is 0 Å². The Morgan fingerprint density at radius 1 is 1.13 bits per heavy atom. The van der Waals surface area contributed by atoms with Gasteiger partial charge in [-0.3, -0.25) is 4.98 Å². The van der Waals surface area contributed by atoms with E-state index in [1.54, 1.807) is 26.1 Å². The lowest BCUT2D eigenvalue weighted by molar-refractivity contribution is 0.655. The number of para-hydroxylation sites is 1. The topological polar surface area (TPSA) is 38.9 Å². The highest BCUT2D eigenvalue weighted by Crippen LogP contribution is 2.34. The molecule has 114 valence electrons. The van der Waals surface area contributed by atoms with E-state index in [9.17, 15) is 0 Å². The number of fused-ring (bicyclic) bond motifs is 3. The summed E-state index contributed by atoms with van der Waals surface area (Å²) in [6.07, 6.45) is 3.16. The lowest BCUT2D eigenvalue weighted by Gasteiger charge is -2.11. The standard InChI is InChI=1S/C20H18N2O/c1-12(2)17-11-22-18(10-13(17)3)16-7-4-6-14-15-8-5-9-21-20(15)23-19(14)16/h4-12H,1-3H3/i3D3,12D. The smallest absolute Gasteiger partial charge is 0.227 e. The van der Waals surface area contributed by atoms with Crippen LogP contribution in [0.2, 0.25) is 0 Å². The molecule has 0 unspecified atom stereocenters. The Bertz CT molecular complexity index is 1160. The third-order valence-corrected chi connectivity index (χ3v) is 3.99. The van der Waals surface area contributed by atoms with Crippen molar-refractivity contribution >= 4 is 22.1 Å². The molecule has 0 bridgehead atoms. The highest BCUT2D eigenvalue weighted by Gasteiger charge is 2.14. The van der Waals surface area contributed by atoms with Gasteiger partial charge in [0, 0.05) is 34.2 Å². The number of aryl methyl sites for hydroxylation is 1. The second kappa shape index (κ2) is 5.20. The van der Waals surface area contributed by atoms with Crippen LogP contribution in [0.25, 0.3) is 33.3 Å². The number of hydrogen-bond acceptors (Lipinski definition) is 3. The maximum absolute atomic E-state index is 8.26. The first-order valence-corrected chi connectivity index (χ1v) is 7.44. The molecule has 23 heavy (non-hydrogen) atoms. The maximum Gasteiger partial charge on any atom is 0.227 e. The molecule has 0 aliphatic rings. The van der Waals surface area contributed by atoms with Crippen molar-refractivity contribution in [3.63, 3.8) is 0 Å². The van der Waals surface area contributed by atoms with Crippen LogP contribution in [0, 0.1) is 6.85 Å². The van der Waals surface area contributed by atoms with E-state index in [4.69, 9.17) is 9.90 Å². The third kappa shape index (κ3) is 2.20. The normalized spacial score (nSPS) is 15.2. The first-order valence-electron chi connectivity index (χ1n) is 9.44. The Balaban J connectivity index is 1.99. The van der Waals surface area contributed by atoms with Gasteiger partial charge in [0.15, 0.2) is 0 Å². The number of pyridine rings is 2. The largest absolute Gasteiger partial charge is 0.437 e. The van der Waals surface area contributed by atoms with Gasteiger partial charge in [0.25, 0.3) is 0 Å². The van der Waals surface area contributed by atoms with Crippen LogP contribution in [0.4, 0.5) is 0 Å². The van der Waals surface area contributed by atoms with Crippen molar-refractivity contribution in [2.24, 2.45) is 0 Å². The Kier molecular flexibility index (Phi) is 2.30. The van der Waals surface area contributed by atoms with E-state index in [0.717, 1.165) is 10.8 Å². The Labute approximate surface area is 140 Å². The SMILES string of the molecule is [2H]C([2H])([2H])c1cc(-c2cccc3c2oc2ncccc23)ncc1C([2H])(C)C. The number of rotatable bonds is 2. The molecule has 0 aliphatic heterocycles. The van der Waals surface area contributed by atoms with Crippen molar-refractivity contribution in [1.82, 2.24) is 9.97 Å². The summed E-state index contributed by atoms with van der Waals surface area (Å²) in [6, 6.07) is 11.0. The predicted molar refractivity (Wildman–Crippen MR) is 93.6 cm³/mol. The summed E-state index contributed by atoms with van der Waals surface area (Å²) in [5.41, 5.74) is 2.88. The van der Waals surface area contributed by atoms with Gasteiger partial charge in [-0.15, -0.1) is 0 Å². The van der Waals surface area contributed by atoms with Crippen molar-refractivity contribution in [1.29, 1.82) is 0 Å². The first kappa shape index (κ1) is 10.2. The zero-order chi connectivity index (χ0) is 19.4. The average Bonchev–Trinajstić information content (AvgIpc) is 2.98. The van der Waals surface area contributed by atoms with Crippen LogP contribution in [0.3, 0.4) is 0 Å². The summed E-state index contributed by atoms with van der Waals surface area (Å²) in [6.45, 7) is 0.976. The maximum atomic E-state index is 8.26. The lowest BCUT2D eigenvalue weighted by Crippen LogP contribution is -1.95. The molecule has 3 heteroatoms. The van der Waals surface area contributed by atoms with E-state index in [1.165, 1.54) is 6.20 Å². The lowest BCUT2D eigenvalue weighted by atomic mass is 9.98. The predicted octanol–water partition coefficient (Wildman–Crippen LogP) is 5.47. The van der Waals surface area contributed by atoms with Gasteiger partial charge in [-0.1, -0.05) is 26.0 Å². The van der Waals surface area contributed by atoms with E-state index in [0.29, 0.717) is 28.1 Å². The Hall–Kier alpha value is -2.68. The van der Waals surface area contributed by atoms with Crippen LogP contribution in [-0.4, -0.2) is 9.97 Å². The molecule has 0 radical (unpaired) electrons. The van der Waals surface area contributed by atoms with Gasteiger partial charge < -0.3 is 4.42 Å². The number of nitrogens with zero attached hydrogens (tertiary/aromatic N) is 2. The average molecular weight is 306 g/mol. The van der Waals surface area contributed by atoms with E-state index in [-0.39, 0.29) is 5.56 Å². The highest BCUT2D eigenvalue weighted by molar-refractivity contribution is 6.08. The van der Waals surface area contributed by atoms with E-state index >= 15 is 0 Å². The van der Waals surface area contributed by atoms with E-state index < -0.39 is 12.7 Å². The minimum Gasteiger partial charge on any atom is -0.437 e. The minimum atomic E-state index is -2.34. The van der Waals surface area contributed by atoms with Crippen molar-refractivity contribution in [3.8, 4) is 11.3 Å². The number of furan rings is 1. The van der Waals surface area contributed by atoms with E-state index in [2.05, 4.69) is 9.97 Å². The molecule has 0 spiro atoms. The summed E-state index contributed by atoms with van der Waals surface area (Å²) in [7, 11) is 0. The van der Waals surface area contributed by atoms with Gasteiger partial charge in [-0.05, 0) is 48.1 Å². The molecule has 3 heterocycles. The highest BCUT2D eigenvalue weighted by atomic mass is 16.3. The summed E-state index contributed by atoms with van der Waals surface area (Å²) in [4.78, 5) is 8.71. The monoisotopic (exact) mass is 306 g/mol. The molecular formula is C20H18N2O. The van der Waals surface area contributed by atoms with E-state index in [1.807, 2.05) is 30.3 Å². The zero-order valence-electron chi connectivity index (χ0n) is 16.9. The number of aromatic nitrogens is 2. The number of hydrogen-bond donors (Lipinski definition) is 0. The quantitative estimate of drug-likeness (QED) is 0.492. The van der Waals surface area contributed by atoms with Crippen LogP contribution in [0.15, 0.2) is 53.2 Å². The fraction of sp³-hybridized carbons (Fsp3) is 0.200. The zero-order valence-corrected chi connectivity index (χ0v) is 12.9. The molecule has 0 amide bonds. The fourth-order valence-corrected chi connectivity index (χ4v) is 2.84. The summed E-state index contributed by atoms with van der Waals surface area (Å²) < 4.78 is 37.9.